The van der Waals surface area contributed by atoms with Gasteiger partial charge in [-0.15, -0.1) is 0 Å². The van der Waals surface area contributed by atoms with Gasteiger partial charge in [0, 0.05) is 13.0 Å². The summed E-state index contributed by atoms with van der Waals surface area (Å²) in [6.07, 6.45) is 1.40. The van der Waals surface area contributed by atoms with Gasteiger partial charge in [0.25, 0.3) is 0 Å². The lowest BCUT2D eigenvalue weighted by Gasteiger charge is -2.20. The van der Waals surface area contributed by atoms with Crippen LogP contribution in [0, 0.1) is 12.8 Å². The fraction of sp³-hybridized carbons (Fsp3) is 0.556. The number of carbonyl (C=O) groups excluding carboxylic acids is 1. The van der Waals surface area contributed by atoms with E-state index < -0.39 is 27.9 Å². The van der Waals surface area contributed by atoms with Crippen LogP contribution >= 0.6 is 0 Å². The quantitative estimate of drug-likeness (QED) is 0.506. The van der Waals surface area contributed by atoms with Crippen molar-refractivity contribution in [2.75, 3.05) is 6.54 Å². The normalized spacial score (nSPS) is 12.8. The van der Waals surface area contributed by atoms with E-state index in [0.717, 1.165) is 5.56 Å². The molecule has 0 aliphatic carbocycles. The number of benzene rings is 1. The molecular formula is C18H28N2O5S. The second-order valence-electron chi connectivity index (χ2n) is 6.76. The molecule has 1 aromatic carbocycles. The monoisotopic (exact) mass is 384 g/mol. The van der Waals surface area contributed by atoms with Crippen LogP contribution in [0.3, 0.4) is 0 Å². The molecule has 3 N–H and O–H groups in total. The largest absolute Gasteiger partial charge is 0.481 e. The Balaban J connectivity index is 2.71. The molecule has 0 fully saturated rings. The summed E-state index contributed by atoms with van der Waals surface area (Å²) >= 11 is 0. The molecule has 1 atom stereocenters. The van der Waals surface area contributed by atoms with Crippen molar-refractivity contribution in [2.45, 2.75) is 57.4 Å². The molecule has 1 rings (SSSR count). The van der Waals surface area contributed by atoms with Gasteiger partial charge in [-0.1, -0.05) is 31.5 Å². The number of aliphatic carboxylic acids is 1. The van der Waals surface area contributed by atoms with E-state index in [1.54, 1.807) is 12.1 Å². The molecule has 0 aromatic heterocycles. The number of nitrogens with one attached hydrogen (secondary N) is 2. The van der Waals surface area contributed by atoms with Crippen molar-refractivity contribution in [1.82, 2.24) is 10.0 Å². The van der Waals surface area contributed by atoms with Crippen LogP contribution in [-0.4, -0.2) is 38.0 Å². The van der Waals surface area contributed by atoms with E-state index in [-0.39, 0.29) is 17.2 Å². The van der Waals surface area contributed by atoms with Gasteiger partial charge < -0.3 is 10.4 Å². The van der Waals surface area contributed by atoms with Gasteiger partial charge in [0.05, 0.1) is 4.90 Å². The second kappa shape index (κ2) is 10.3. The molecule has 26 heavy (non-hydrogen) atoms. The highest BCUT2D eigenvalue weighted by molar-refractivity contribution is 7.89. The smallest absolute Gasteiger partial charge is 0.303 e. The summed E-state index contributed by atoms with van der Waals surface area (Å²) in [6.45, 7) is 6.00. The van der Waals surface area contributed by atoms with E-state index in [1.165, 1.54) is 12.1 Å². The Hall–Kier alpha value is -1.93. The molecule has 7 nitrogen and oxygen atoms in total. The van der Waals surface area contributed by atoms with E-state index in [9.17, 15) is 18.0 Å². The van der Waals surface area contributed by atoms with Gasteiger partial charge in [0.2, 0.25) is 15.9 Å². The third-order valence-corrected chi connectivity index (χ3v) is 5.26. The van der Waals surface area contributed by atoms with Crippen molar-refractivity contribution in [3.8, 4) is 0 Å². The third-order valence-electron chi connectivity index (χ3n) is 3.77. The molecule has 0 bridgehead atoms. The number of sulfonamides is 1. The van der Waals surface area contributed by atoms with Crippen LogP contribution < -0.4 is 10.0 Å². The highest BCUT2D eigenvalue weighted by atomic mass is 32.2. The standard InChI is InChI=1S/C18H28N2O5S/c1-13(2)12-16(18(23)19-11-5-4-6-17(21)22)20-26(24,25)15-9-7-14(3)8-10-15/h7-10,13,16,20H,4-6,11-12H2,1-3H3,(H,19,23)(H,21,22). The number of hydrogen-bond donors (Lipinski definition) is 3. The first-order valence-corrected chi connectivity index (χ1v) is 10.2. The number of aryl methyl sites for hydroxylation is 1. The fourth-order valence-electron chi connectivity index (χ4n) is 2.39. The Bertz CT molecular complexity index is 699. The van der Waals surface area contributed by atoms with Gasteiger partial charge in [0.1, 0.15) is 6.04 Å². The number of hydrogen-bond acceptors (Lipinski definition) is 4. The molecule has 8 heteroatoms. The van der Waals surface area contributed by atoms with Crippen molar-refractivity contribution in [2.24, 2.45) is 5.92 Å². The predicted octanol–water partition coefficient (Wildman–Crippen LogP) is 2.06. The summed E-state index contributed by atoms with van der Waals surface area (Å²) in [4.78, 5) is 23.0. The van der Waals surface area contributed by atoms with E-state index in [0.29, 0.717) is 25.8 Å². The number of carbonyl (C=O) groups is 2. The summed E-state index contributed by atoms with van der Waals surface area (Å²) in [7, 11) is -3.80. The van der Waals surface area contributed by atoms with Crippen LogP contribution in [0.5, 0.6) is 0 Å². The van der Waals surface area contributed by atoms with Gasteiger partial charge in [-0.2, -0.15) is 4.72 Å². The molecule has 0 radical (unpaired) electrons. The number of rotatable bonds is 11. The number of unbranched alkanes of at least 4 members (excludes halogenated alkanes) is 1. The van der Waals surface area contributed by atoms with Gasteiger partial charge in [-0.25, -0.2) is 8.42 Å². The van der Waals surface area contributed by atoms with Crippen molar-refractivity contribution < 1.29 is 23.1 Å². The first kappa shape index (κ1) is 22.1. The van der Waals surface area contributed by atoms with Gasteiger partial charge >= 0.3 is 5.97 Å². The molecule has 0 saturated carbocycles. The lowest BCUT2D eigenvalue weighted by Crippen LogP contribution is -2.47. The first-order valence-electron chi connectivity index (χ1n) is 8.70. The average Bonchev–Trinajstić information content (AvgIpc) is 2.53. The topological polar surface area (TPSA) is 113 Å². The Morgan fingerprint density at radius 3 is 2.27 bits per heavy atom. The minimum atomic E-state index is -3.80. The van der Waals surface area contributed by atoms with Crippen molar-refractivity contribution in [3.05, 3.63) is 29.8 Å². The molecular weight excluding hydrogens is 356 g/mol. The average molecular weight is 384 g/mol. The minimum absolute atomic E-state index is 0.0470. The van der Waals surface area contributed by atoms with Crippen LogP contribution in [0.25, 0.3) is 0 Å². The van der Waals surface area contributed by atoms with Crippen molar-refractivity contribution in [1.29, 1.82) is 0 Å². The summed E-state index contributed by atoms with van der Waals surface area (Å²) in [5, 5.41) is 11.3. The van der Waals surface area contributed by atoms with Gasteiger partial charge in [0.15, 0.2) is 0 Å². The van der Waals surface area contributed by atoms with Gasteiger partial charge in [-0.3, -0.25) is 9.59 Å². The molecule has 0 heterocycles. The maximum absolute atomic E-state index is 12.5. The van der Waals surface area contributed by atoms with Crippen LogP contribution in [0.4, 0.5) is 0 Å². The highest BCUT2D eigenvalue weighted by Crippen LogP contribution is 2.13. The Morgan fingerprint density at radius 1 is 1.12 bits per heavy atom. The number of amides is 1. The second-order valence-corrected chi connectivity index (χ2v) is 8.47. The van der Waals surface area contributed by atoms with E-state index >= 15 is 0 Å². The SMILES string of the molecule is Cc1ccc(S(=O)(=O)NC(CC(C)C)C(=O)NCCCCC(=O)O)cc1. The minimum Gasteiger partial charge on any atom is -0.481 e. The zero-order chi connectivity index (χ0) is 19.7. The molecule has 0 saturated heterocycles. The van der Waals surface area contributed by atoms with E-state index in [4.69, 9.17) is 5.11 Å². The maximum atomic E-state index is 12.5. The lowest BCUT2D eigenvalue weighted by molar-refractivity contribution is -0.137. The highest BCUT2D eigenvalue weighted by Gasteiger charge is 2.26. The predicted molar refractivity (Wildman–Crippen MR) is 99.2 cm³/mol. The summed E-state index contributed by atoms with van der Waals surface area (Å²) in [5.74, 6) is -1.15. The van der Waals surface area contributed by atoms with Crippen LogP contribution in [-0.2, 0) is 19.6 Å². The Labute approximate surface area is 155 Å². The fourth-order valence-corrected chi connectivity index (χ4v) is 3.60. The Kier molecular flexibility index (Phi) is 8.74. The van der Waals surface area contributed by atoms with Gasteiger partial charge in [-0.05, 0) is 44.2 Å². The molecule has 0 aliphatic heterocycles. The third kappa shape index (κ3) is 7.97. The molecule has 146 valence electrons. The van der Waals surface area contributed by atoms with E-state index in [1.807, 2.05) is 20.8 Å². The molecule has 1 aromatic rings. The lowest BCUT2D eigenvalue weighted by atomic mass is 10.0. The summed E-state index contributed by atoms with van der Waals surface area (Å²) in [6, 6.07) is 5.55. The summed E-state index contributed by atoms with van der Waals surface area (Å²) in [5.41, 5.74) is 0.946. The molecule has 0 aliphatic rings. The Morgan fingerprint density at radius 2 is 1.73 bits per heavy atom. The van der Waals surface area contributed by atoms with Crippen LogP contribution in [0.2, 0.25) is 0 Å². The van der Waals surface area contributed by atoms with Crippen molar-refractivity contribution in [3.63, 3.8) is 0 Å². The number of carboxylic acid groups (broad SMARTS) is 1. The van der Waals surface area contributed by atoms with Crippen molar-refractivity contribution >= 4 is 21.9 Å². The zero-order valence-electron chi connectivity index (χ0n) is 15.5. The van der Waals surface area contributed by atoms with Crippen LogP contribution in [0.1, 0.15) is 45.1 Å². The first-order chi connectivity index (χ1) is 12.1. The molecule has 0 spiro atoms. The van der Waals surface area contributed by atoms with E-state index in [2.05, 4.69) is 10.0 Å². The summed E-state index contributed by atoms with van der Waals surface area (Å²) < 4.78 is 27.6. The molecule has 1 unspecified atom stereocenters. The zero-order valence-corrected chi connectivity index (χ0v) is 16.3. The number of carboxylic acids is 1. The molecule has 1 amide bonds. The van der Waals surface area contributed by atoms with Crippen LogP contribution in [0.15, 0.2) is 29.2 Å². The maximum Gasteiger partial charge on any atom is 0.303 e.